The fraction of sp³-hybridized carbons (Fsp3) is 0.316. The van der Waals surface area contributed by atoms with Crippen LogP contribution in [0.25, 0.3) is 0 Å². The van der Waals surface area contributed by atoms with Crippen LogP contribution in [0, 0.1) is 5.92 Å². The predicted molar refractivity (Wildman–Crippen MR) is 90.5 cm³/mol. The van der Waals surface area contributed by atoms with Gasteiger partial charge in [0.25, 0.3) is 0 Å². The lowest BCUT2D eigenvalue weighted by Gasteiger charge is -2.13. The van der Waals surface area contributed by atoms with Gasteiger partial charge in [-0.25, -0.2) is 0 Å². The van der Waals surface area contributed by atoms with Crippen molar-refractivity contribution in [3.8, 4) is 5.75 Å². The molecule has 0 bridgehead atoms. The summed E-state index contributed by atoms with van der Waals surface area (Å²) in [5.74, 6) is 0.568. The molecule has 2 aromatic rings. The zero-order valence-corrected chi connectivity index (χ0v) is 13.9. The van der Waals surface area contributed by atoms with Crippen molar-refractivity contribution in [2.45, 2.75) is 33.1 Å². The van der Waals surface area contributed by atoms with Crippen LogP contribution in [0.5, 0.6) is 5.75 Å². The summed E-state index contributed by atoms with van der Waals surface area (Å²) in [4.78, 5) is 12.2. The number of hydrogen-bond acceptors (Lipinski definition) is 2. The van der Waals surface area contributed by atoms with E-state index in [0.717, 1.165) is 12.0 Å². The molecule has 1 unspecified atom stereocenters. The Labute approximate surface area is 137 Å². The average molecular weight is 317 g/mol. The van der Waals surface area contributed by atoms with Crippen LogP contribution in [0.2, 0.25) is 5.02 Å². The van der Waals surface area contributed by atoms with Gasteiger partial charge < -0.3 is 4.74 Å². The Hall–Kier alpha value is -1.80. The Morgan fingerprint density at radius 2 is 1.59 bits per heavy atom. The summed E-state index contributed by atoms with van der Waals surface area (Å²) in [6.45, 7) is 6.25. The smallest absolute Gasteiger partial charge is 0.318 e. The Kier molecular flexibility index (Phi) is 5.62. The highest BCUT2D eigenvalue weighted by molar-refractivity contribution is 6.30. The Morgan fingerprint density at radius 1 is 1.00 bits per heavy atom. The summed E-state index contributed by atoms with van der Waals surface area (Å²) in [6.07, 6.45) is 1.05. The van der Waals surface area contributed by atoms with Gasteiger partial charge in [-0.05, 0) is 54.7 Å². The van der Waals surface area contributed by atoms with E-state index in [2.05, 4.69) is 26.0 Å². The molecule has 0 amide bonds. The van der Waals surface area contributed by atoms with Gasteiger partial charge in [-0.1, -0.05) is 49.7 Å². The van der Waals surface area contributed by atoms with E-state index in [1.807, 2.05) is 19.1 Å². The first-order valence-corrected chi connectivity index (χ1v) is 7.89. The van der Waals surface area contributed by atoms with Crippen LogP contribution in [0.4, 0.5) is 0 Å². The Morgan fingerprint density at radius 3 is 2.14 bits per heavy atom. The molecule has 0 N–H and O–H groups in total. The molecule has 3 heteroatoms. The van der Waals surface area contributed by atoms with E-state index in [1.54, 1.807) is 24.3 Å². The molecule has 2 nitrogen and oxygen atoms in total. The van der Waals surface area contributed by atoms with E-state index in [9.17, 15) is 4.79 Å². The van der Waals surface area contributed by atoms with Crippen LogP contribution in [-0.2, 0) is 11.2 Å². The van der Waals surface area contributed by atoms with Gasteiger partial charge in [-0.2, -0.15) is 0 Å². The zero-order valence-electron chi connectivity index (χ0n) is 13.2. The van der Waals surface area contributed by atoms with Gasteiger partial charge in [0.15, 0.2) is 0 Å². The fourth-order valence-electron chi connectivity index (χ4n) is 2.26. The molecule has 116 valence electrons. The summed E-state index contributed by atoms with van der Waals surface area (Å²) >= 11 is 5.82. The van der Waals surface area contributed by atoms with E-state index in [0.29, 0.717) is 16.7 Å². The van der Waals surface area contributed by atoms with E-state index in [4.69, 9.17) is 16.3 Å². The lowest BCUT2D eigenvalue weighted by molar-refractivity contribution is -0.135. The summed E-state index contributed by atoms with van der Waals surface area (Å²) in [6, 6.07) is 15.0. The third-order valence-electron chi connectivity index (χ3n) is 3.51. The van der Waals surface area contributed by atoms with Crippen LogP contribution in [0.1, 0.15) is 37.8 Å². The second-order valence-electron chi connectivity index (χ2n) is 5.94. The van der Waals surface area contributed by atoms with Crippen molar-refractivity contribution in [3.05, 3.63) is 64.7 Å². The minimum absolute atomic E-state index is 0.265. The molecule has 0 aliphatic carbocycles. The first kappa shape index (κ1) is 16.6. The molecular formula is C19H21ClO2. The van der Waals surface area contributed by atoms with E-state index < -0.39 is 0 Å². The maximum Gasteiger partial charge on any atom is 0.318 e. The molecule has 0 spiro atoms. The van der Waals surface area contributed by atoms with E-state index in [-0.39, 0.29) is 11.9 Å². The minimum atomic E-state index is -0.302. The number of halogens is 1. The number of hydrogen-bond donors (Lipinski definition) is 0. The molecule has 22 heavy (non-hydrogen) atoms. The molecule has 0 saturated carbocycles. The SMILES string of the molecule is CC(C)Cc1ccc(C(C)C(=O)Oc2ccc(Cl)cc2)cc1. The first-order valence-electron chi connectivity index (χ1n) is 7.52. The minimum Gasteiger partial charge on any atom is -0.426 e. The molecular weight excluding hydrogens is 296 g/mol. The highest BCUT2D eigenvalue weighted by Gasteiger charge is 2.17. The van der Waals surface area contributed by atoms with Crippen molar-refractivity contribution >= 4 is 17.6 Å². The van der Waals surface area contributed by atoms with Gasteiger partial charge in [0.2, 0.25) is 0 Å². The summed E-state index contributed by atoms with van der Waals surface area (Å²) in [7, 11) is 0. The molecule has 0 aromatic heterocycles. The van der Waals surface area contributed by atoms with Crippen LogP contribution in [0.15, 0.2) is 48.5 Å². The highest BCUT2D eigenvalue weighted by Crippen LogP contribution is 2.22. The van der Waals surface area contributed by atoms with Crippen molar-refractivity contribution < 1.29 is 9.53 Å². The summed E-state index contributed by atoms with van der Waals surface area (Å²) in [5, 5.41) is 0.619. The zero-order chi connectivity index (χ0) is 16.1. The number of carbonyl (C=O) groups is 1. The Balaban J connectivity index is 2.02. The molecule has 2 aromatic carbocycles. The molecule has 0 aliphatic heterocycles. The average Bonchev–Trinajstić information content (AvgIpc) is 2.49. The van der Waals surface area contributed by atoms with Gasteiger partial charge in [0, 0.05) is 5.02 Å². The van der Waals surface area contributed by atoms with Crippen molar-refractivity contribution in [1.29, 1.82) is 0 Å². The van der Waals surface area contributed by atoms with Crippen molar-refractivity contribution in [3.63, 3.8) is 0 Å². The van der Waals surface area contributed by atoms with Gasteiger partial charge in [-0.3, -0.25) is 4.79 Å². The molecule has 0 aliphatic rings. The number of carbonyl (C=O) groups excluding carboxylic acids is 1. The van der Waals surface area contributed by atoms with Crippen LogP contribution in [-0.4, -0.2) is 5.97 Å². The van der Waals surface area contributed by atoms with Crippen molar-refractivity contribution in [1.82, 2.24) is 0 Å². The van der Waals surface area contributed by atoms with Crippen molar-refractivity contribution in [2.75, 3.05) is 0 Å². The lowest BCUT2D eigenvalue weighted by atomic mass is 9.97. The standard InChI is InChI=1S/C19H21ClO2/c1-13(2)12-15-4-6-16(7-5-15)14(3)19(21)22-18-10-8-17(20)9-11-18/h4-11,13-14H,12H2,1-3H3. The monoisotopic (exact) mass is 316 g/mol. The van der Waals surface area contributed by atoms with Crippen LogP contribution >= 0.6 is 11.6 Å². The quantitative estimate of drug-likeness (QED) is 0.556. The molecule has 0 radical (unpaired) electrons. The fourth-order valence-corrected chi connectivity index (χ4v) is 2.38. The van der Waals surface area contributed by atoms with Gasteiger partial charge >= 0.3 is 5.97 Å². The van der Waals surface area contributed by atoms with E-state index >= 15 is 0 Å². The molecule has 1 atom stereocenters. The Bertz CT molecular complexity index is 615. The normalized spacial score (nSPS) is 12.2. The van der Waals surface area contributed by atoms with Gasteiger partial charge in [-0.15, -0.1) is 0 Å². The summed E-state index contributed by atoms with van der Waals surface area (Å²) < 4.78 is 5.38. The highest BCUT2D eigenvalue weighted by atomic mass is 35.5. The summed E-state index contributed by atoms with van der Waals surface area (Å²) in [5.41, 5.74) is 2.25. The number of benzene rings is 2. The number of rotatable bonds is 5. The largest absolute Gasteiger partial charge is 0.426 e. The van der Waals surface area contributed by atoms with Gasteiger partial charge in [0.1, 0.15) is 5.75 Å². The number of ether oxygens (including phenoxy) is 1. The maximum absolute atomic E-state index is 12.2. The molecule has 0 fully saturated rings. The first-order chi connectivity index (χ1) is 10.5. The third-order valence-corrected chi connectivity index (χ3v) is 3.76. The molecule has 0 heterocycles. The molecule has 0 saturated heterocycles. The second kappa shape index (κ2) is 7.46. The lowest BCUT2D eigenvalue weighted by Crippen LogP contribution is -2.16. The molecule has 2 rings (SSSR count). The predicted octanol–water partition coefficient (Wildman–Crippen LogP) is 5.25. The second-order valence-corrected chi connectivity index (χ2v) is 6.37. The van der Waals surface area contributed by atoms with Crippen LogP contribution < -0.4 is 4.74 Å². The maximum atomic E-state index is 12.2. The van der Waals surface area contributed by atoms with Crippen LogP contribution in [0.3, 0.4) is 0 Å². The van der Waals surface area contributed by atoms with E-state index in [1.165, 1.54) is 5.56 Å². The third kappa shape index (κ3) is 4.60. The van der Waals surface area contributed by atoms with Gasteiger partial charge in [0.05, 0.1) is 5.92 Å². The van der Waals surface area contributed by atoms with Crippen molar-refractivity contribution in [2.24, 2.45) is 5.92 Å². The topological polar surface area (TPSA) is 26.3 Å². The number of esters is 1.